The van der Waals surface area contributed by atoms with Crippen LogP contribution >= 0.6 is 0 Å². The lowest BCUT2D eigenvalue weighted by Gasteiger charge is -2.30. The number of piperidine rings is 1. The number of ether oxygens (including phenoxy) is 1. The molecule has 6 nitrogen and oxygen atoms in total. The monoisotopic (exact) mass is 360 g/mol. The molecule has 3 rings (SSSR count). The number of fused-ring (bicyclic) bond motifs is 1. The van der Waals surface area contributed by atoms with Crippen LogP contribution in [0.1, 0.15) is 68.7 Å². The Kier molecular flexibility index (Phi) is 6.39. The summed E-state index contributed by atoms with van der Waals surface area (Å²) in [5, 5.41) is 4.80. The number of carbonyl (C=O) groups is 1. The molecule has 144 valence electrons. The standard InChI is InChI=1S/C15H22N4.C5H10O2/c1-10-11(2)16-15-9-13(17-19(15)12(10)3)14-7-5-6-8-18(14)4;1-5(2,3)7-4-6/h9,14H,5-8H2,1-4H3;4H,1-3H3. The second-order valence-corrected chi connectivity index (χ2v) is 8.07. The zero-order chi connectivity index (χ0) is 19.5. The van der Waals surface area contributed by atoms with Crippen molar-refractivity contribution < 1.29 is 9.53 Å². The second-order valence-electron chi connectivity index (χ2n) is 8.07. The minimum Gasteiger partial charge on any atom is -0.462 e. The third kappa shape index (κ3) is 4.81. The maximum absolute atomic E-state index is 9.60. The first-order chi connectivity index (χ1) is 12.1. The van der Waals surface area contributed by atoms with Crippen LogP contribution < -0.4 is 0 Å². The summed E-state index contributed by atoms with van der Waals surface area (Å²) in [5.41, 5.74) is 5.37. The number of aromatic nitrogens is 3. The number of hydrogen-bond acceptors (Lipinski definition) is 5. The molecule has 1 aliphatic rings. The van der Waals surface area contributed by atoms with Crippen LogP contribution in [0.2, 0.25) is 0 Å². The first-order valence-electron chi connectivity index (χ1n) is 9.29. The van der Waals surface area contributed by atoms with Crippen molar-refractivity contribution in [2.75, 3.05) is 13.6 Å². The number of carbonyl (C=O) groups excluding carboxylic acids is 1. The molecule has 3 heterocycles. The van der Waals surface area contributed by atoms with E-state index in [1.54, 1.807) is 0 Å². The number of rotatable bonds is 2. The molecule has 0 bridgehead atoms. The molecular weight excluding hydrogens is 328 g/mol. The quantitative estimate of drug-likeness (QED) is 0.763. The van der Waals surface area contributed by atoms with E-state index in [4.69, 9.17) is 5.10 Å². The maximum atomic E-state index is 9.60. The van der Waals surface area contributed by atoms with E-state index in [0.717, 1.165) is 11.3 Å². The fourth-order valence-corrected chi connectivity index (χ4v) is 3.15. The van der Waals surface area contributed by atoms with E-state index in [2.05, 4.69) is 48.5 Å². The van der Waals surface area contributed by atoms with E-state index in [-0.39, 0.29) is 5.60 Å². The third-order valence-electron chi connectivity index (χ3n) is 4.91. The predicted octanol–water partition coefficient (Wildman–Crippen LogP) is 3.77. The summed E-state index contributed by atoms with van der Waals surface area (Å²) < 4.78 is 6.55. The van der Waals surface area contributed by atoms with Crippen LogP contribution in [0, 0.1) is 20.8 Å². The molecule has 0 radical (unpaired) electrons. The van der Waals surface area contributed by atoms with Gasteiger partial charge in [0.1, 0.15) is 5.60 Å². The first kappa shape index (κ1) is 20.4. The van der Waals surface area contributed by atoms with E-state index in [1.165, 1.54) is 42.8 Å². The van der Waals surface area contributed by atoms with Gasteiger partial charge in [-0.05, 0) is 73.5 Å². The van der Waals surface area contributed by atoms with Crippen molar-refractivity contribution in [2.24, 2.45) is 0 Å². The molecule has 6 heteroatoms. The Morgan fingerprint density at radius 1 is 1.23 bits per heavy atom. The average Bonchev–Trinajstić information content (AvgIpc) is 2.96. The van der Waals surface area contributed by atoms with Crippen molar-refractivity contribution in [1.29, 1.82) is 0 Å². The Bertz CT molecular complexity index is 761. The van der Waals surface area contributed by atoms with Crippen molar-refractivity contribution >= 4 is 12.1 Å². The topological polar surface area (TPSA) is 59.7 Å². The van der Waals surface area contributed by atoms with Crippen LogP contribution in [0.3, 0.4) is 0 Å². The van der Waals surface area contributed by atoms with Crippen molar-refractivity contribution in [3.63, 3.8) is 0 Å². The van der Waals surface area contributed by atoms with Gasteiger partial charge in [-0.15, -0.1) is 0 Å². The minimum atomic E-state index is -0.318. The molecule has 0 saturated carbocycles. The average molecular weight is 361 g/mol. The largest absolute Gasteiger partial charge is 0.462 e. The van der Waals surface area contributed by atoms with Crippen molar-refractivity contribution in [3.8, 4) is 0 Å². The fourth-order valence-electron chi connectivity index (χ4n) is 3.15. The number of nitrogens with zero attached hydrogens (tertiary/aromatic N) is 4. The molecule has 1 atom stereocenters. The van der Waals surface area contributed by atoms with Crippen LogP contribution in [-0.2, 0) is 9.53 Å². The van der Waals surface area contributed by atoms with Gasteiger partial charge in [0.15, 0.2) is 5.65 Å². The summed E-state index contributed by atoms with van der Waals surface area (Å²) in [6.07, 6.45) is 3.81. The third-order valence-corrected chi connectivity index (χ3v) is 4.91. The van der Waals surface area contributed by atoms with E-state index in [0.29, 0.717) is 12.5 Å². The van der Waals surface area contributed by atoms with Gasteiger partial charge >= 0.3 is 0 Å². The summed E-state index contributed by atoms with van der Waals surface area (Å²) in [6.45, 7) is 13.4. The number of likely N-dealkylation sites (tertiary alicyclic amines) is 1. The van der Waals surface area contributed by atoms with Gasteiger partial charge in [-0.3, -0.25) is 9.69 Å². The predicted molar refractivity (Wildman–Crippen MR) is 103 cm³/mol. The van der Waals surface area contributed by atoms with Gasteiger partial charge < -0.3 is 4.74 Å². The normalized spacial score (nSPS) is 18.3. The molecule has 2 aromatic heterocycles. The van der Waals surface area contributed by atoms with Gasteiger partial charge in [-0.1, -0.05) is 6.42 Å². The highest BCUT2D eigenvalue weighted by atomic mass is 16.5. The summed E-state index contributed by atoms with van der Waals surface area (Å²) in [6, 6.07) is 2.61. The molecule has 0 aromatic carbocycles. The summed E-state index contributed by atoms with van der Waals surface area (Å²) in [5.74, 6) is 0. The molecule has 1 aliphatic heterocycles. The van der Waals surface area contributed by atoms with Crippen LogP contribution in [0.5, 0.6) is 0 Å². The van der Waals surface area contributed by atoms with Gasteiger partial charge in [-0.2, -0.15) is 5.10 Å². The molecule has 0 spiro atoms. The molecule has 0 N–H and O–H groups in total. The minimum absolute atomic E-state index is 0.318. The number of hydrogen-bond donors (Lipinski definition) is 0. The highest BCUT2D eigenvalue weighted by molar-refractivity contribution is 5.44. The van der Waals surface area contributed by atoms with E-state index >= 15 is 0 Å². The first-order valence-corrected chi connectivity index (χ1v) is 9.29. The van der Waals surface area contributed by atoms with Crippen molar-refractivity contribution in [1.82, 2.24) is 19.5 Å². The highest BCUT2D eigenvalue weighted by Crippen LogP contribution is 2.29. The van der Waals surface area contributed by atoms with Gasteiger partial charge in [0.2, 0.25) is 0 Å². The highest BCUT2D eigenvalue weighted by Gasteiger charge is 2.23. The van der Waals surface area contributed by atoms with E-state index in [9.17, 15) is 4.79 Å². The van der Waals surface area contributed by atoms with Gasteiger partial charge in [0.05, 0.1) is 11.7 Å². The summed E-state index contributed by atoms with van der Waals surface area (Å²) >= 11 is 0. The van der Waals surface area contributed by atoms with Gasteiger partial charge in [-0.25, -0.2) is 9.50 Å². The molecular formula is C20H32N4O2. The SMILES string of the molecule is CC(C)(C)OC=O.Cc1nc2cc(C3CCCCN3C)nn2c(C)c1C. The Hall–Kier alpha value is -1.95. The molecule has 2 aromatic rings. The molecule has 1 fully saturated rings. The van der Waals surface area contributed by atoms with Crippen molar-refractivity contribution in [2.45, 2.75) is 72.4 Å². The van der Waals surface area contributed by atoms with Crippen LogP contribution in [0.4, 0.5) is 0 Å². The zero-order valence-corrected chi connectivity index (χ0v) is 17.2. The Morgan fingerprint density at radius 3 is 2.46 bits per heavy atom. The fraction of sp³-hybridized carbons (Fsp3) is 0.650. The molecule has 26 heavy (non-hydrogen) atoms. The van der Waals surface area contributed by atoms with Crippen molar-refractivity contribution in [3.05, 3.63) is 28.7 Å². The zero-order valence-electron chi connectivity index (χ0n) is 17.2. The second kappa shape index (κ2) is 8.16. The molecule has 0 aliphatic carbocycles. The maximum Gasteiger partial charge on any atom is 0.293 e. The Morgan fingerprint density at radius 2 is 1.92 bits per heavy atom. The lowest BCUT2D eigenvalue weighted by Crippen LogP contribution is -2.29. The van der Waals surface area contributed by atoms with Crippen LogP contribution in [0.15, 0.2) is 6.07 Å². The number of aryl methyl sites for hydroxylation is 2. The Balaban J connectivity index is 0.000000298. The molecule has 1 unspecified atom stereocenters. The summed E-state index contributed by atoms with van der Waals surface area (Å²) in [7, 11) is 2.20. The molecule has 1 saturated heterocycles. The van der Waals surface area contributed by atoms with E-state index < -0.39 is 0 Å². The van der Waals surface area contributed by atoms with Gasteiger partial charge in [0, 0.05) is 17.5 Å². The molecule has 0 amide bonds. The smallest absolute Gasteiger partial charge is 0.293 e. The van der Waals surface area contributed by atoms with E-state index in [1.807, 2.05) is 25.3 Å². The summed E-state index contributed by atoms with van der Waals surface area (Å²) in [4.78, 5) is 16.7. The lowest BCUT2D eigenvalue weighted by atomic mass is 10.0. The van der Waals surface area contributed by atoms with Gasteiger partial charge in [0.25, 0.3) is 6.47 Å². The van der Waals surface area contributed by atoms with Crippen LogP contribution in [0.25, 0.3) is 5.65 Å². The van der Waals surface area contributed by atoms with Crippen LogP contribution in [-0.4, -0.2) is 45.2 Å². The Labute approximate surface area is 156 Å². The lowest BCUT2D eigenvalue weighted by molar-refractivity contribution is -0.138.